The summed E-state index contributed by atoms with van der Waals surface area (Å²) in [4.78, 5) is 58.5. The van der Waals surface area contributed by atoms with Gasteiger partial charge in [0.15, 0.2) is 6.10 Å². The van der Waals surface area contributed by atoms with Gasteiger partial charge in [0.2, 0.25) is 18.3 Å². The van der Waals surface area contributed by atoms with Crippen LogP contribution in [-0.2, 0) is 76.4 Å². The molecule has 12 rings (SSSR count). The van der Waals surface area contributed by atoms with Crippen LogP contribution in [0.15, 0.2) is 109 Å². The van der Waals surface area contributed by atoms with Crippen molar-refractivity contribution in [2.75, 3.05) is 62.5 Å². The van der Waals surface area contributed by atoms with Gasteiger partial charge in [-0.1, -0.05) is 96.3 Å². The summed E-state index contributed by atoms with van der Waals surface area (Å²) in [6, 6.07) is 34.2. The van der Waals surface area contributed by atoms with Crippen LogP contribution in [0.2, 0.25) is 15.1 Å². The van der Waals surface area contributed by atoms with Gasteiger partial charge in [-0.15, -0.1) is 0 Å². The predicted octanol–water partition coefficient (Wildman–Crippen LogP) is 2.45. The maximum absolute atomic E-state index is 12.1. The van der Waals surface area contributed by atoms with Crippen molar-refractivity contribution in [3.05, 3.63) is 174 Å². The van der Waals surface area contributed by atoms with Crippen LogP contribution in [0.4, 0.5) is 17.1 Å². The normalized spacial score (nSPS) is 27.2. The number of nitrogens with zero attached hydrogens (tertiary/aromatic N) is 1. The molecule has 6 aliphatic rings. The minimum atomic E-state index is -1.47. The first-order valence-corrected chi connectivity index (χ1v) is 34.7. The zero-order valence-electron chi connectivity index (χ0n) is 58.8. The second-order valence-corrected chi connectivity index (χ2v) is 27.2. The summed E-state index contributed by atoms with van der Waals surface area (Å²) in [5.74, 6) is -1.90. The number of halogens is 3. The number of carboxylic acids is 1. The summed E-state index contributed by atoms with van der Waals surface area (Å²) in [5, 5.41) is 109. The van der Waals surface area contributed by atoms with E-state index in [0.29, 0.717) is 80.5 Å². The first-order valence-electron chi connectivity index (χ1n) is 33.6. The van der Waals surface area contributed by atoms with Crippen molar-refractivity contribution in [1.82, 2.24) is 0 Å². The number of carbonyl (C=O) groups excluding carboxylic acids is 4. The van der Waals surface area contributed by atoms with Crippen LogP contribution in [0.1, 0.15) is 96.1 Å². The summed E-state index contributed by atoms with van der Waals surface area (Å²) in [7, 11) is 1.31. The standard InChI is InChI=1S/C29H31ClN2O8.C23H26ClNO8.C22H24ClNO8.Li.H2O/c1-15-26(14-36-16(2)33)40-28(29(38-18(4)35)27(15)37-17(3)34)20-6-7-23(30)21(11-20)9-19-5-8-25-24(10-19)32-13-22(12-31)39-25;1-31-23(30)17-9-25-15-7-11(2-5-16(15)32-17)6-13-8-12(3-4-14(13)24)22-21(29)20(28)19(27)18(10-26)33-22;23-13-3-2-11(21-20(28)19(27)18(26)17(9-25)32-21)7-12(13)5-10-1-4-15-14(6-10)24-8-16(31-15)22(29)30;;/h5-8,10-11,15,22,26-29,32H,9,13-14H2,1-4H3;2-5,7-8,17-22,25-29H,6,9-10H2,1H3;1-4,6-7,16-21,24-28H,5,8-9H2,(H,29,30);;1H2/q;;;+1;/p-1/t15-,22?,26-,27+,28+,29-;17?,18-,19-,20+,21-,22+;16?,17-,18-,19+,20-,21+;;/m111../s1. The molecular weight excluding hydrogens is 1460 g/mol. The van der Waals surface area contributed by atoms with E-state index in [2.05, 4.69) is 22.0 Å². The van der Waals surface area contributed by atoms with Crippen molar-refractivity contribution in [2.45, 2.75) is 151 Å². The van der Waals surface area contributed by atoms with Crippen LogP contribution in [0, 0.1) is 17.2 Å². The summed E-state index contributed by atoms with van der Waals surface area (Å²) < 4.78 is 55.7. The third-order valence-corrected chi connectivity index (χ3v) is 19.6. The summed E-state index contributed by atoms with van der Waals surface area (Å²) in [6.07, 6.45) is -16.5. The van der Waals surface area contributed by atoms with Gasteiger partial charge < -0.3 is 115 Å². The molecule has 0 saturated carbocycles. The van der Waals surface area contributed by atoms with Crippen LogP contribution in [0.25, 0.3) is 0 Å². The second-order valence-electron chi connectivity index (χ2n) is 25.9. The number of carboxylic acid groups (broad SMARTS) is 1. The average Bonchev–Trinajstić information content (AvgIpc) is 0.779. The van der Waals surface area contributed by atoms with Gasteiger partial charge in [0, 0.05) is 41.8 Å². The third kappa shape index (κ3) is 20.5. The first kappa shape index (κ1) is 84.6. The van der Waals surface area contributed by atoms with Gasteiger partial charge in [-0.25, -0.2) is 9.59 Å². The molecule has 0 aliphatic carbocycles. The van der Waals surface area contributed by atoms with Crippen LogP contribution in [-0.4, -0.2) is 213 Å². The van der Waals surface area contributed by atoms with Crippen molar-refractivity contribution in [2.24, 2.45) is 5.92 Å². The van der Waals surface area contributed by atoms with E-state index in [-0.39, 0.29) is 44.0 Å². The van der Waals surface area contributed by atoms with E-state index in [4.69, 9.17) is 92.5 Å². The van der Waals surface area contributed by atoms with Crippen LogP contribution >= 0.6 is 34.8 Å². The Balaban J connectivity index is 0.000000202. The van der Waals surface area contributed by atoms with E-state index < -0.39 is 153 Å². The number of rotatable bonds is 17. The Morgan fingerprint density at radius 2 is 0.907 bits per heavy atom. The van der Waals surface area contributed by atoms with Crippen LogP contribution in [0.5, 0.6) is 17.2 Å². The maximum Gasteiger partial charge on any atom is 1.00 e. The Kier molecular flexibility index (Phi) is 29.9. The SMILES string of the molecule is CC(=O)OC[C@H]1O[C@@H](c2ccc(Cl)c(Cc3ccc4c(c3)NCC(C#N)O4)c2)[C@H](OC(C)=O)[C@@H](OC(C)=O)[C@@H]1C.COC(=O)C1CNc2cc(Cc3cc([C@@H]4O[C@H](CO)[C@@H](O)[C@H](O)[C@H]4O)ccc3Cl)ccc2O1.O=C(O)C1CNc2cc(Cc3cc([C@@H]4O[C@H](CO)[C@@H](O)[C@H](O)[C@H]4O)ccc3Cl)ccc2O1.[Li+].[OH-]. The number of hydrogen-bond donors (Lipinski definition) is 12. The molecule has 0 radical (unpaired) electrons. The number of benzene rings is 6. The monoisotopic (exact) mass is 1540 g/mol. The van der Waals surface area contributed by atoms with Crippen molar-refractivity contribution < 1.29 is 142 Å². The molecule has 0 aromatic heterocycles. The average molecular weight is 1540 g/mol. The number of nitriles is 1. The number of nitrogens with one attached hydrogen (secondary N) is 3. The molecule has 6 aromatic carbocycles. The van der Waals surface area contributed by atoms with Gasteiger partial charge in [0.25, 0.3) is 0 Å². The molecule has 3 fully saturated rings. The fourth-order valence-electron chi connectivity index (χ4n) is 13.0. The van der Waals surface area contributed by atoms with E-state index in [1.165, 1.54) is 27.9 Å². The summed E-state index contributed by atoms with van der Waals surface area (Å²) in [5.41, 5.74) is 9.02. The predicted molar refractivity (Wildman–Crippen MR) is 378 cm³/mol. The molecule has 6 aliphatic heterocycles. The Morgan fingerprint density at radius 1 is 0.514 bits per heavy atom. The van der Waals surface area contributed by atoms with Gasteiger partial charge in [0.05, 0.1) is 63.1 Å². The molecule has 3 unspecified atom stereocenters. The zero-order chi connectivity index (χ0) is 75.7. The third-order valence-electron chi connectivity index (χ3n) is 18.5. The zero-order valence-corrected chi connectivity index (χ0v) is 61.1. The molecule has 570 valence electrons. The number of aliphatic hydroxyl groups excluding tert-OH is 8. The van der Waals surface area contributed by atoms with Gasteiger partial charge in [-0.2, -0.15) is 5.26 Å². The van der Waals surface area contributed by atoms with Gasteiger partial charge in [-0.3, -0.25) is 14.4 Å². The van der Waals surface area contributed by atoms with Gasteiger partial charge in [0.1, 0.15) is 103 Å². The Labute approximate surface area is 641 Å². The number of hydrogen-bond acceptors (Lipinski definition) is 28. The van der Waals surface area contributed by atoms with Crippen molar-refractivity contribution >= 4 is 81.7 Å². The number of esters is 4. The number of fused-ring (bicyclic) bond motifs is 3. The number of anilines is 3. The molecule has 6 aromatic rings. The summed E-state index contributed by atoms with van der Waals surface area (Å²) in [6.45, 7) is 5.40. The van der Waals surface area contributed by atoms with Crippen LogP contribution in [0.3, 0.4) is 0 Å². The molecule has 29 nitrogen and oxygen atoms in total. The van der Waals surface area contributed by atoms with E-state index in [0.717, 1.165) is 44.8 Å². The number of aliphatic hydroxyl groups is 8. The largest absolute Gasteiger partial charge is 1.00 e. The number of methoxy groups -OCH3 is 1. The second kappa shape index (κ2) is 37.9. The van der Waals surface area contributed by atoms with Crippen molar-refractivity contribution in [1.29, 1.82) is 5.26 Å². The van der Waals surface area contributed by atoms with Gasteiger partial charge >= 0.3 is 48.7 Å². The molecule has 0 amide bonds. The number of carbonyl (C=O) groups is 5. The topological polar surface area (TPSA) is 450 Å². The van der Waals surface area contributed by atoms with Crippen LogP contribution < -0.4 is 49.0 Å². The summed E-state index contributed by atoms with van der Waals surface area (Å²) >= 11 is 19.4. The van der Waals surface area contributed by atoms with Crippen molar-refractivity contribution in [3.63, 3.8) is 0 Å². The minimum Gasteiger partial charge on any atom is -0.870 e. The first-order chi connectivity index (χ1) is 50.1. The molecule has 13 N–H and O–H groups in total. The maximum atomic E-state index is 12.1. The fourth-order valence-corrected chi connectivity index (χ4v) is 13.6. The molecule has 0 spiro atoms. The minimum absolute atomic E-state index is 0. The molecule has 107 heavy (non-hydrogen) atoms. The fraction of sp³-hybridized carbons (Fsp3) is 0.432. The van der Waals surface area contributed by atoms with E-state index in [1.807, 2.05) is 48.5 Å². The molecular formula is C74H82Cl3LiN4O25. The Bertz CT molecular complexity index is 4170. The van der Waals surface area contributed by atoms with E-state index in [9.17, 15) is 64.8 Å². The van der Waals surface area contributed by atoms with Gasteiger partial charge in [-0.05, 0) is 124 Å². The number of ether oxygens (including phenoxy) is 10. The van der Waals surface area contributed by atoms with E-state index in [1.54, 1.807) is 67.6 Å². The smallest absolute Gasteiger partial charge is 0.870 e. The molecule has 18 atom stereocenters. The molecule has 6 heterocycles. The quantitative estimate of drug-likeness (QED) is 0.0354. The number of aliphatic carboxylic acids is 1. The Morgan fingerprint density at radius 3 is 1.31 bits per heavy atom. The van der Waals surface area contributed by atoms with E-state index >= 15 is 0 Å². The molecule has 33 heteroatoms. The van der Waals surface area contributed by atoms with Crippen molar-refractivity contribution in [3.8, 4) is 23.3 Å². The molecule has 3 saturated heterocycles. The molecule has 0 bridgehead atoms. The Hall–Kier alpha value is -8.05.